The Balaban J connectivity index is 1.03. The smallest absolute Gasteiger partial charge is 0.410 e. The minimum Gasteiger partial charge on any atom is -0.495 e. The lowest BCUT2D eigenvalue weighted by Gasteiger charge is -2.39. The minimum absolute atomic E-state index is 0.0897. The lowest BCUT2D eigenvalue weighted by Crippen LogP contribution is -2.55. The summed E-state index contributed by atoms with van der Waals surface area (Å²) < 4.78 is 22.3. The van der Waals surface area contributed by atoms with Crippen LogP contribution in [0.25, 0.3) is 11.3 Å². The summed E-state index contributed by atoms with van der Waals surface area (Å²) in [4.78, 5) is 44.9. The molecule has 3 aliphatic carbocycles. The summed E-state index contributed by atoms with van der Waals surface area (Å²) in [6, 6.07) is 8.02. The van der Waals surface area contributed by atoms with Crippen LogP contribution in [0.3, 0.4) is 0 Å². The third-order valence-electron chi connectivity index (χ3n) is 10.7. The van der Waals surface area contributed by atoms with Crippen molar-refractivity contribution < 1.29 is 28.2 Å². The van der Waals surface area contributed by atoms with Gasteiger partial charge < -0.3 is 23.5 Å². The van der Waals surface area contributed by atoms with Gasteiger partial charge in [0.1, 0.15) is 29.6 Å². The number of oxazole rings is 1. The van der Waals surface area contributed by atoms with E-state index >= 15 is 0 Å². The maximum absolute atomic E-state index is 14.4. The maximum atomic E-state index is 14.4. The molecule has 4 aliphatic rings. The number of rotatable bonds is 10. The number of pyridine rings is 2. The SMILES string of the molecule is COc1ccc([C@H]2CC[C@H](CN(c3cc(-c4coc(C5CC5)n4)ccn3)C(=O)[C@H]3CC[C@H](OC(=O)N4CC(OC)C4)CC3)CC2)nc1C. The number of anilines is 1. The Bertz CT molecular complexity index is 1580. The number of ether oxygens (including phenoxy) is 3. The zero-order valence-corrected chi connectivity index (χ0v) is 28.3. The second-order valence-corrected chi connectivity index (χ2v) is 14.1. The van der Waals surface area contributed by atoms with E-state index in [2.05, 4.69) is 6.07 Å². The maximum Gasteiger partial charge on any atom is 0.410 e. The van der Waals surface area contributed by atoms with E-state index in [1.807, 2.05) is 30.0 Å². The zero-order chi connectivity index (χ0) is 33.2. The Morgan fingerprint density at radius 3 is 2.35 bits per heavy atom. The Kier molecular flexibility index (Phi) is 9.66. The van der Waals surface area contributed by atoms with Crippen LogP contribution in [0.4, 0.5) is 10.6 Å². The molecule has 0 N–H and O–H groups in total. The highest BCUT2D eigenvalue weighted by Crippen LogP contribution is 2.41. The number of methoxy groups -OCH3 is 2. The van der Waals surface area contributed by atoms with Gasteiger partial charge in [0.05, 0.1) is 32.0 Å². The van der Waals surface area contributed by atoms with Crippen LogP contribution < -0.4 is 9.64 Å². The number of carbonyl (C=O) groups excluding carboxylic acids is 2. The highest BCUT2D eigenvalue weighted by Gasteiger charge is 2.37. The summed E-state index contributed by atoms with van der Waals surface area (Å²) in [5.41, 5.74) is 3.71. The standard InChI is InChI=1S/C37H47N5O6/c1-23-33(46-3)15-14-31(39-23)25-6-4-24(5-7-25)19-42(34-18-28(16-17-38-34)32-22-47-35(40-32)26-8-9-26)36(43)27-10-12-29(13-11-27)48-37(44)41-20-30(21-41)45-2/h14-18,22,24-27,29-30H,4-13,19-21H2,1-3H3/t24-,25-,27-,29-. The van der Waals surface area contributed by atoms with Crippen molar-refractivity contribution in [2.45, 2.75) is 95.2 Å². The molecule has 1 aliphatic heterocycles. The minimum atomic E-state index is -0.283. The van der Waals surface area contributed by atoms with Crippen LogP contribution in [0.2, 0.25) is 0 Å². The first-order chi connectivity index (χ1) is 23.4. The normalized spacial score (nSPS) is 24.5. The fourth-order valence-corrected chi connectivity index (χ4v) is 7.47. The van der Waals surface area contributed by atoms with Gasteiger partial charge in [-0.05, 0) is 101 Å². The first-order valence-electron chi connectivity index (χ1n) is 17.6. The molecule has 7 rings (SSSR count). The number of hydrogen-bond donors (Lipinski definition) is 0. The third kappa shape index (κ3) is 7.21. The topological polar surface area (TPSA) is 120 Å². The summed E-state index contributed by atoms with van der Waals surface area (Å²) in [7, 11) is 3.34. The summed E-state index contributed by atoms with van der Waals surface area (Å²) in [6.07, 6.45) is 12.1. The average Bonchev–Trinajstić information content (AvgIpc) is 3.82. The van der Waals surface area contributed by atoms with Gasteiger partial charge in [-0.25, -0.2) is 14.8 Å². The molecule has 4 heterocycles. The molecule has 0 spiro atoms. The number of amides is 2. The molecule has 2 amide bonds. The van der Waals surface area contributed by atoms with Crippen LogP contribution in [0.5, 0.6) is 5.75 Å². The van der Waals surface area contributed by atoms with Crippen LogP contribution >= 0.6 is 0 Å². The van der Waals surface area contributed by atoms with Crippen molar-refractivity contribution in [1.29, 1.82) is 0 Å². The number of hydrogen-bond acceptors (Lipinski definition) is 9. The quantitative estimate of drug-likeness (QED) is 0.236. The summed E-state index contributed by atoms with van der Waals surface area (Å²) >= 11 is 0. The molecule has 3 aromatic rings. The molecule has 3 aromatic heterocycles. The van der Waals surface area contributed by atoms with Gasteiger partial charge in [-0.15, -0.1) is 0 Å². The van der Waals surface area contributed by atoms with Gasteiger partial charge in [0.2, 0.25) is 5.91 Å². The van der Waals surface area contributed by atoms with Crippen molar-refractivity contribution in [3.8, 4) is 17.0 Å². The summed E-state index contributed by atoms with van der Waals surface area (Å²) in [5, 5.41) is 0. The Morgan fingerprint density at radius 2 is 1.67 bits per heavy atom. The molecule has 11 nitrogen and oxygen atoms in total. The predicted molar refractivity (Wildman–Crippen MR) is 179 cm³/mol. The van der Waals surface area contributed by atoms with E-state index in [0.717, 1.165) is 72.8 Å². The average molecular weight is 658 g/mol. The van der Waals surface area contributed by atoms with Crippen LogP contribution in [0, 0.1) is 18.8 Å². The van der Waals surface area contributed by atoms with Gasteiger partial charge in [0.25, 0.3) is 0 Å². The predicted octanol–water partition coefficient (Wildman–Crippen LogP) is 6.66. The van der Waals surface area contributed by atoms with Crippen LogP contribution in [0.15, 0.2) is 41.1 Å². The molecular formula is C37H47N5O6. The van der Waals surface area contributed by atoms with E-state index in [-0.39, 0.29) is 30.1 Å². The van der Waals surface area contributed by atoms with Gasteiger partial charge in [-0.3, -0.25) is 14.7 Å². The van der Waals surface area contributed by atoms with E-state index in [0.29, 0.717) is 68.9 Å². The lowest BCUT2D eigenvalue weighted by atomic mass is 9.79. The van der Waals surface area contributed by atoms with Crippen molar-refractivity contribution >= 4 is 17.8 Å². The van der Waals surface area contributed by atoms with Gasteiger partial charge in [-0.2, -0.15) is 0 Å². The molecule has 0 atom stereocenters. The van der Waals surface area contributed by atoms with Crippen molar-refractivity contribution in [1.82, 2.24) is 19.9 Å². The second-order valence-electron chi connectivity index (χ2n) is 14.1. The molecular weight excluding hydrogens is 610 g/mol. The highest BCUT2D eigenvalue weighted by atomic mass is 16.6. The van der Waals surface area contributed by atoms with Crippen molar-refractivity contribution in [3.63, 3.8) is 0 Å². The molecule has 0 unspecified atom stereocenters. The third-order valence-corrected chi connectivity index (χ3v) is 10.7. The van der Waals surface area contributed by atoms with Crippen molar-refractivity contribution in [2.24, 2.45) is 11.8 Å². The molecule has 3 saturated carbocycles. The molecule has 0 radical (unpaired) electrons. The van der Waals surface area contributed by atoms with E-state index in [9.17, 15) is 9.59 Å². The van der Waals surface area contributed by atoms with Crippen LogP contribution in [0.1, 0.15) is 93.3 Å². The Labute approximate surface area is 282 Å². The van der Waals surface area contributed by atoms with Crippen LogP contribution in [-0.4, -0.2) is 77.9 Å². The summed E-state index contributed by atoms with van der Waals surface area (Å²) in [5.74, 6) is 3.39. The fourth-order valence-electron chi connectivity index (χ4n) is 7.47. The largest absolute Gasteiger partial charge is 0.495 e. The number of nitrogens with zero attached hydrogens (tertiary/aromatic N) is 5. The van der Waals surface area contributed by atoms with Crippen molar-refractivity contribution in [3.05, 3.63) is 54.0 Å². The molecule has 0 bridgehead atoms. The van der Waals surface area contributed by atoms with Crippen molar-refractivity contribution in [2.75, 3.05) is 38.8 Å². The van der Waals surface area contributed by atoms with E-state index in [1.54, 1.807) is 31.6 Å². The number of aryl methyl sites for hydroxylation is 1. The first kappa shape index (κ1) is 32.6. The summed E-state index contributed by atoms with van der Waals surface area (Å²) in [6.45, 7) is 3.75. The highest BCUT2D eigenvalue weighted by molar-refractivity contribution is 5.94. The monoisotopic (exact) mass is 657 g/mol. The second kappa shape index (κ2) is 14.2. The van der Waals surface area contributed by atoms with Gasteiger partial charge in [0.15, 0.2) is 5.89 Å². The molecule has 11 heteroatoms. The molecule has 0 aromatic carbocycles. The van der Waals surface area contributed by atoms with E-state index in [4.69, 9.17) is 33.6 Å². The molecule has 48 heavy (non-hydrogen) atoms. The molecule has 1 saturated heterocycles. The fraction of sp³-hybridized carbons (Fsp3) is 0.595. The van der Waals surface area contributed by atoms with E-state index in [1.165, 1.54) is 0 Å². The number of aromatic nitrogens is 3. The Morgan fingerprint density at radius 1 is 0.917 bits per heavy atom. The Hall–Kier alpha value is -3.99. The van der Waals surface area contributed by atoms with Gasteiger partial charge in [0, 0.05) is 48.9 Å². The number of carbonyl (C=O) groups is 2. The lowest BCUT2D eigenvalue weighted by molar-refractivity contribution is -0.124. The van der Waals surface area contributed by atoms with Gasteiger partial charge >= 0.3 is 6.09 Å². The number of likely N-dealkylation sites (tertiary alicyclic amines) is 1. The molecule has 256 valence electrons. The van der Waals surface area contributed by atoms with Gasteiger partial charge in [-0.1, -0.05) is 0 Å². The molecule has 4 fully saturated rings. The first-order valence-corrected chi connectivity index (χ1v) is 17.6. The van der Waals surface area contributed by atoms with E-state index < -0.39 is 0 Å². The van der Waals surface area contributed by atoms with Crippen LogP contribution in [-0.2, 0) is 14.3 Å². The zero-order valence-electron chi connectivity index (χ0n) is 28.3.